The van der Waals surface area contributed by atoms with E-state index in [1.54, 1.807) is 6.07 Å². The maximum atomic E-state index is 12.8. The molecule has 0 radical (unpaired) electrons. The topological polar surface area (TPSA) is 72.8 Å². The lowest BCUT2D eigenvalue weighted by molar-refractivity contribution is 0.0666. The van der Waals surface area contributed by atoms with Crippen molar-refractivity contribution in [1.29, 1.82) is 0 Å². The van der Waals surface area contributed by atoms with E-state index in [4.69, 9.17) is 0 Å². The number of phenols is 2. The number of anilines is 1. The molecule has 0 aromatic heterocycles. The molecule has 0 spiro atoms. The van der Waals surface area contributed by atoms with Gasteiger partial charge in [0.1, 0.15) is 6.17 Å². The number of amides is 1. The van der Waals surface area contributed by atoms with E-state index in [9.17, 15) is 15.0 Å². The first-order chi connectivity index (χ1) is 10.6. The van der Waals surface area contributed by atoms with Gasteiger partial charge in [0.2, 0.25) is 0 Å². The summed E-state index contributed by atoms with van der Waals surface area (Å²) in [6.07, 6.45) is 1.66. The lowest BCUT2D eigenvalue weighted by Gasteiger charge is -2.38. The quantitative estimate of drug-likeness (QED) is 0.745. The third kappa shape index (κ3) is 1.97. The number of hydrogen-bond donors (Lipinski definition) is 3. The maximum Gasteiger partial charge on any atom is 0.258 e. The van der Waals surface area contributed by atoms with Crippen LogP contribution in [-0.2, 0) is 0 Å². The Labute approximate surface area is 127 Å². The van der Waals surface area contributed by atoms with E-state index >= 15 is 0 Å². The molecule has 2 aliphatic rings. The van der Waals surface area contributed by atoms with Crippen LogP contribution in [0.3, 0.4) is 0 Å². The van der Waals surface area contributed by atoms with Crippen LogP contribution in [-0.4, -0.2) is 27.1 Å². The smallest absolute Gasteiger partial charge is 0.258 e. The summed E-state index contributed by atoms with van der Waals surface area (Å²) in [5.41, 5.74) is 2.22. The molecule has 0 bridgehead atoms. The van der Waals surface area contributed by atoms with Crippen molar-refractivity contribution in [2.75, 3.05) is 5.32 Å². The highest BCUT2D eigenvalue weighted by Crippen LogP contribution is 2.41. The Bertz CT molecular complexity index is 755. The highest BCUT2D eigenvalue weighted by molar-refractivity contribution is 6.02. The van der Waals surface area contributed by atoms with Gasteiger partial charge in [-0.3, -0.25) is 4.79 Å². The molecule has 3 N–H and O–H groups in total. The Hall–Kier alpha value is -2.69. The monoisotopic (exact) mass is 296 g/mol. The molecular weight excluding hydrogens is 280 g/mol. The fourth-order valence-electron chi connectivity index (χ4n) is 2.95. The molecule has 5 heteroatoms. The molecule has 112 valence electrons. The van der Waals surface area contributed by atoms with Crippen molar-refractivity contribution in [2.45, 2.75) is 25.0 Å². The van der Waals surface area contributed by atoms with Crippen molar-refractivity contribution >= 4 is 11.6 Å². The van der Waals surface area contributed by atoms with Crippen LogP contribution >= 0.6 is 0 Å². The van der Waals surface area contributed by atoms with Crippen molar-refractivity contribution in [3.8, 4) is 11.5 Å². The van der Waals surface area contributed by atoms with Crippen LogP contribution in [0, 0.1) is 0 Å². The van der Waals surface area contributed by atoms with E-state index in [0.29, 0.717) is 5.56 Å². The largest absolute Gasteiger partial charge is 0.504 e. The number of carbonyl (C=O) groups is 1. The maximum absolute atomic E-state index is 12.8. The average Bonchev–Trinajstić information content (AvgIpc) is 3.34. The number of nitrogens with zero attached hydrogens (tertiary/aromatic N) is 1. The number of aromatic hydroxyl groups is 2. The lowest BCUT2D eigenvalue weighted by Crippen LogP contribution is -2.44. The third-order valence-electron chi connectivity index (χ3n) is 4.22. The molecule has 1 saturated carbocycles. The highest BCUT2D eigenvalue weighted by Gasteiger charge is 2.42. The summed E-state index contributed by atoms with van der Waals surface area (Å²) in [7, 11) is 0. The summed E-state index contributed by atoms with van der Waals surface area (Å²) in [6, 6.07) is 12.4. The minimum Gasteiger partial charge on any atom is -0.504 e. The summed E-state index contributed by atoms with van der Waals surface area (Å²) in [5.74, 6) is -0.333. The molecule has 2 aromatic rings. The van der Waals surface area contributed by atoms with Gasteiger partial charge in [-0.1, -0.05) is 18.2 Å². The zero-order valence-electron chi connectivity index (χ0n) is 11.9. The van der Waals surface area contributed by atoms with Gasteiger partial charge >= 0.3 is 0 Å². The van der Waals surface area contributed by atoms with Crippen molar-refractivity contribution < 1.29 is 15.0 Å². The molecule has 1 aliphatic heterocycles. The van der Waals surface area contributed by atoms with E-state index < -0.39 is 0 Å². The Morgan fingerprint density at radius 3 is 2.55 bits per heavy atom. The van der Waals surface area contributed by atoms with Gasteiger partial charge in [0.25, 0.3) is 5.91 Å². The van der Waals surface area contributed by atoms with Crippen LogP contribution in [0.2, 0.25) is 0 Å². The van der Waals surface area contributed by atoms with Crippen LogP contribution in [0.5, 0.6) is 11.5 Å². The lowest BCUT2D eigenvalue weighted by atomic mass is 10.0. The minimum absolute atomic E-state index is 0.00872. The fraction of sp³-hybridized carbons (Fsp3) is 0.235. The van der Waals surface area contributed by atoms with E-state index in [1.807, 2.05) is 29.2 Å². The summed E-state index contributed by atoms with van der Waals surface area (Å²) >= 11 is 0. The number of benzene rings is 2. The average molecular weight is 296 g/mol. The van der Waals surface area contributed by atoms with E-state index in [1.165, 1.54) is 12.1 Å². The molecule has 1 fully saturated rings. The van der Waals surface area contributed by atoms with Crippen molar-refractivity contribution in [3.63, 3.8) is 0 Å². The van der Waals surface area contributed by atoms with E-state index in [-0.39, 0.29) is 29.6 Å². The number of para-hydroxylation sites is 1. The second kappa shape index (κ2) is 4.66. The van der Waals surface area contributed by atoms with Crippen LogP contribution < -0.4 is 5.32 Å². The minimum atomic E-state index is -0.332. The number of nitrogens with one attached hydrogen (secondary N) is 1. The number of rotatable bonds is 2. The molecule has 1 heterocycles. The molecule has 1 atom stereocenters. The summed E-state index contributed by atoms with van der Waals surface area (Å²) < 4.78 is 0. The van der Waals surface area contributed by atoms with Gasteiger partial charge in [-0.25, -0.2) is 0 Å². The zero-order chi connectivity index (χ0) is 15.3. The summed E-state index contributed by atoms with van der Waals surface area (Å²) in [4.78, 5) is 14.6. The molecule has 0 saturated heterocycles. The van der Waals surface area contributed by atoms with Crippen LogP contribution in [0.15, 0.2) is 42.5 Å². The molecule has 5 nitrogen and oxygen atoms in total. The summed E-state index contributed by atoms with van der Waals surface area (Å²) in [5, 5.41) is 22.6. The Morgan fingerprint density at radius 2 is 1.82 bits per heavy atom. The van der Waals surface area contributed by atoms with Crippen molar-refractivity contribution in [3.05, 3.63) is 53.6 Å². The molecule has 1 amide bonds. The van der Waals surface area contributed by atoms with Gasteiger partial charge in [-0.15, -0.1) is 0 Å². The molecule has 22 heavy (non-hydrogen) atoms. The van der Waals surface area contributed by atoms with Crippen molar-refractivity contribution in [1.82, 2.24) is 4.90 Å². The predicted octanol–water partition coefficient (Wildman–Crippen LogP) is 2.83. The SMILES string of the molecule is O=C1c2ccccc2N[C@H](c2ccc(O)c(O)c2)N1C1CC1. The number of hydrogen-bond acceptors (Lipinski definition) is 4. The predicted molar refractivity (Wildman–Crippen MR) is 81.8 cm³/mol. The first kappa shape index (κ1) is 13.0. The van der Waals surface area contributed by atoms with Gasteiger partial charge in [-0.2, -0.15) is 0 Å². The first-order valence-electron chi connectivity index (χ1n) is 7.35. The van der Waals surface area contributed by atoms with Crippen LogP contribution in [0.1, 0.15) is 34.9 Å². The molecule has 0 unspecified atom stereocenters. The summed E-state index contributed by atoms with van der Waals surface area (Å²) in [6.45, 7) is 0. The number of carbonyl (C=O) groups excluding carboxylic acids is 1. The van der Waals surface area contributed by atoms with E-state index in [2.05, 4.69) is 5.32 Å². The second-order valence-electron chi connectivity index (χ2n) is 5.78. The fourth-order valence-corrected chi connectivity index (χ4v) is 2.95. The van der Waals surface area contributed by atoms with Crippen LogP contribution in [0.4, 0.5) is 5.69 Å². The number of fused-ring (bicyclic) bond motifs is 1. The zero-order valence-corrected chi connectivity index (χ0v) is 11.9. The van der Waals surface area contributed by atoms with Crippen molar-refractivity contribution in [2.24, 2.45) is 0 Å². The number of phenolic OH excluding ortho intramolecular Hbond substituents is 2. The van der Waals surface area contributed by atoms with E-state index in [0.717, 1.165) is 24.1 Å². The molecule has 1 aliphatic carbocycles. The van der Waals surface area contributed by atoms with Gasteiger partial charge < -0.3 is 20.4 Å². The van der Waals surface area contributed by atoms with Gasteiger partial charge in [0.15, 0.2) is 11.5 Å². The highest BCUT2D eigenvalue weighted by atomic mass is 16.3. The molecule has 4 rings (SSSR count). The van der Waals surface area contributed by atoms with Gasteiger partial charge in [0.05, 0.1) is 5.56 Å². The van der Waals surface area contributed by atoms with Gasteiger partial charge in [-0.05, 0) is 42.7 Å². The second-order valence-corrected chi connectivity index (χ2v) is 5.78. The Balaban J connectivity index is 1.80. The van der Waals surface area contributed by atoms with Crippen LogP contribution in [0.25, 0.3) is 0 Å². The Morgan fingerprint density at radius 1 is 1.05 bits per heavy atom. The molecular formula is C17H16N2O3. The third-order valence-corrected chi connectivity index (χ3v) is 4.22. The Kier molecular flexibility index (Phi) is 2.76. The normalized spacial score (nSPS) is 20.5. The van der Waals surface area contributed by atoms with Gasteiger partial charge in [0, 0.05) is 11.7 Å². The standard InChI is InChI=1S/C17H16N2O3/c20-14-8-5-10(9-15(14)21)16-18-13-4-2-1-3-12(13)17(22)19(16)11-6-7-11/h1-5,8-9,11,16,18,20-21H,6-7H2/t16-/m0/s1. The molecule has 2 aromatic carbocycles. The first-order valence-corrected chi connectivity index (χ1v) is 7.35.